The lowest BCUT2D eigenvalue weighted by Gasteiger charge is -2.42. The monoisotopic (exact) mass is 226 g/mol. The summed E-state index contributed by atoms with van der Waals surface area (Å²) in [6, 6.07) is 0.817. The molecular formula is C13H26N2O. The van der Waals surface area contributed by atoms with Crippen LogP contribution in [0.2, 0.25) is 0 Å². The summed E-state index contributed by atoms with van der Waals surface area (Å²) >= 11 is 0. The average molecular weight is 226 g/mol. The van der Waals surface area contributed by atoms with E-state index in [-0.39, 0.29) is 0 Å². The number of morpholine rings is 1. The molecule has 1 saturated heterocycles. The van der Waals surface area contributed by atoms with Crippen molar-refractivity contribution in [2.45, 2.75) is 44.8 Å². The van der Waals surface area contributed by atoms with E-state index < -0.39 is 0 Å². The minimum Gasteiger partial charge on any atom is -0.374 e. The van der Waals surface area contributed by atoms with Crippen molar-refractivity contribution in [1.82, 2.24) is 10.2 Å². The van der Waals surface area contributed by atoms with E-state index in [4.69, 9.17) is 4.74 Å². The highest BCUT2D eigenvalue weighted by molar-refractivity contribution is 4.84. The first-order valence-corrected chi connectivity index (χ1v) is 6.81. The van der Waals surface area contributed by atoms with Gasteiger partial charge in [-0.25, -0.2) is 0 Å². The standard InChI is InChI=1S/C13H26N2O/c1-11-5-3-4-6-13(11)15-7-8-16-12(10-15)9-14-2/h11-14H,3-10H2,1-2H3. The molecule has 2 aliphatic rings. The lowest BCUT2D eigenvalue weighted by Crippen LogP contribution is -2.52. The molecule has 1 aliphatic carbocycles. The number of rotatable bonds is 3. The lowest BCUT2D eigenvalue weighted by molar-refractivity contribution is -0.0544. The molecule has 3 nitrogen and oxygen atoms in total. The van der Waals surface area contributed by atoms with Crippen molar-refractivity contribution in [2.75, 3.05) is 33.3 Å². The van der Waals surface area contributed by atoms with Crippen LogP contribution >= 0.6 is 0 Å². The molecular weight excluding hydrogens is 200 g/mol. The fraction of sp³-hybridized carbons (Fsp3) is 1.00. The minimum atomic E-state index is 0.396. The fourth-order valence-corrected chi connectivity index (χ4v) is 3.23. The van der Waals surface area contributed by atoms with Gasteiger partial charge >= 0.3 is 0 Å². The van der Waals surface area contributed by atoms with E-state index in [0.29, 0.717) is 6.10 Å². The van der Waals surface area contributed by atoms with Gasteiger partial charge in [0.2, 0.25) is 0 Å². The summed E-state index contributed by atoms with van der Waals surface area (Å²) in [4.78, 5) is 2.68. The van der Waals surface area contributed by atoms with Crippen LogP contribution in [0, 0.1) is 5.92 Å². The molecule has 0 amide bonds. The molecule has 3 heteroatoms. The molecule has 1 heterocycles. The van der Waals surface area contributed by atoms with Crippen LogP contribution in [0.4, 0.5) is 0 Å². The van der Waals surface area contributed by atoms with Gasteiger partial charge in [-0.1, -0.05) is 19.8 Å². The molecule has 16 heavy (non-hydrogen) atoms. The van der Waals surface area contributed by atoms with Crippen LogP contribution in [0.1, 0.15) is 32.6 Å². The quantitative estimate of drug-likeness (QED) is 0.789. The molecule has 0 spiro atoms. The van der Waals surface area contributed by atoms with Crippen LogP contribution in [0.3, 0.4) is 0 Å². The Balaban J connectivity index is 1.87. The predicted octanol–water partition coefficient (Wildman–Crippen LogP) is 1.49. The number of hydrogen-bond donors (Lipinski definition) is 1. The summed E-state index contributed by atoms with van der Waals surface area (Å²) < 4.78 is 5.77. The Bertz CT molecular complexity index is 208. The zero-order valence-corrected chi connectivity index (χ0v) is 10.7. The first-order chi connectivity index (χ1) is 7.81. The summed E-state index contributed by atoms with van der Waals surface area (Å²) in [5, 5.41) is 3.22. The largest absolute Gasteiger partial charge is 0.374 e. The second-order valence-electron chi connectivity index (χ2n) is 5.37. The Morgan fingerprint density at radius 3 is 2.88 bits per heavy atom. The molecule has 1 aliphatic heterocycles. The number of nitrogens with one attached hydrogen (secondary N) is 1. The maximum absolute atomic E-state index is 5.77. The van der Waals surface area contributed by atoms with Crippen LogP contribution in [-0.4, -0.2) is 50.3 Å². The molecule has 94 valence electrons. The molecule has 3 unspecified atom stereocenters. The second-order valence-corrected chi connectivity index (χ2v) is 5.37. The third-order valence-corrected chi connectivity index (χ3v) is 4.14. The molecule has 2 fully saturated rings. The van der Waals surface area contributed by atoms with E-state index in [9.17, 15) is 0 Å². The van der Waals surface area contributed by atoms with Crippen LogP contribution in [0.25, 0.3) is 0 Å². The number of nitrogens with zero attached hydrogens (tertiary/aromatic N) is 1. The van der Waals surface area contributed by atoms with Gasteiger partial charge in [-0.15, -0.1) is 0 Å². The average Bonchev–Trinajstić information content (AvgIpc) is 2.30. The first-order valence-electron chi connectivity index (χ1n) is 6.81. The van der Waals surface area contributed by atoms with Crippen molar-refractivity contribution < 1.29 is 4.74 Å². The third-order valence-electron chi connectivity index (χ3n) is 4.14. The van der Waals surface area contributed by atoms with Crippen molar-refractivity contribution in [3.8, 4) is 0 Å². The van der Waals surface area contributed by atoms with Crippen molar-refractivity contribution >= 4 is 0 Å². The summed E-state index contributed by atoms with van der Waals surface area (Å²) in [6.45, 7) is 6.57. The Labute approximate surface area is 99.5 Å². The van der Waals surface area contributed by atoms with Gasteiger partial charge in [-0.05, 0) is 25.8 Å². The van der Waals surface area contributed by atoms with Crippen molar-refractivity contribution in [1.29, 1.82) is 0 Å². The highest BCUT2D eigenvalue weighted by Crippen LogP contribution is 2.29. The highest BCUT2D eigenvalue weighted by atomic mass is 16.5. The normalized spacial score (nSPS) is 37.5. The van der Waals surface area contributed by atoms with E-state index in [0.717, 1.165) is 38.2 Å². The molecule has 0 aromatic carbocycles. The molecule has 1 saturated carbocycles. The van der Waals surface area contributed by atoms with E-state index >= 15 is 0 Å². The Hall–Kier alpha value is -0.120. The molecule has 0 aromatic heterocycles. The van der Waals surface area contributed by atoms with Crippen LogP contribution in [-0.2, 0) is 4.74 Å². The minimum absolute atomic E-state index is 0.396. The van der Waals surface area contributed by atoms with Gasteiger partial charge in [0.1, 0.15) is 0 Å². The van der Waals surface area contributed by atoms with Crippen molar-refractivity contribution in [3.63, 3.8) is 0 Å². The van der Waals surface area contributed by atoms with Crippen LogP contribution in [0.15, 0.2) is 0 Å². The van der Waals surface area contributed by atoms with E-state index in [2.05, 4.69) is 17.1 Å². The summed E-state index contributed by atoms with van der Waals surface area (Å²) in [5.41, 5.74) is 0. The number of ether oxygens (including phenoxy) is 1. The zero-order valence-electron chi connectivity index (χ0n) is 10.7. The van der Waals surface area contributed by atoms with E-state index in [1.54, 1.807) is 0 Å². The van der Waals surface area contributed by atoms with Crippen molar-refractivity contribution in [3.05, 3.63) is 0 Å². The molecule has 0 bridgehead atoms. The van der Waals surface area contributed by atoms with Crippen LogP contribution in [0.5, 0.6) is 0 Å². The number of likely N-dealkylation sites (N-methyl/N-ethyl adjacent to an activating group) is 1. The Morgan fingerprint density at radius 1 is 1.31 bits per heavy atom. The Kier molecular flexibility index (Phi) is 4.62. The summed E-state index contributed by atoms with van der Waals surface area (Å²) in [5.74, 6) is 0.877. The van der Waals surface area contributed by atoms with Gasteiger partial charge in [-0.3, -0.25) is 4.90 Å². The Morgan fingerprint density at radius 2 is 2.12 bits per heavy atom. The van der Waals surface area contributed by atoms with Gasteiger partial charge in [0.15, 0.2) is 0 Å². The van der Waals surface area contributed by atoms with Gasteiger partial charge in [0.05, 0.1) is 12.7 Å². The summed E-state index contributed by atoms with van der Waals surface area (Å²) in [6.07, 6.45) is 6.06. The fourth-order valence-electron chi connectivity index (χ4n) is 3.23. The lowest BCUT2D eigenvalue weighted by atomic mass is 9.84. The van der Waals surface area contributed by atoms with E-state index in [1.807, 2.05) is 7.05 Å². The molecule has 1 N–H and O–H groups in total. The van der Waals surface area contributed by atoms with Gasteiger partial charge in [0.25, 0.3) is 0 Å². The van der Waals surface area contributed by atoms with Gasteiger partial charge < -0.3 is 10.1 Å². The highest BCUT2D eigenvalue weighted by Gasteiger charge is 2.30. The van der Waals surface area contributed by atoms with Gasteiger partial charge in [0, 0.05) is 25.7 Å². The molecule has 2 rings (SSSR count). The second kappa shape index (κ2) is 5.99. The smallest absolute Gasteiger partial charge is 0.0826 e. The maximum atomic E-state index is 5.77. The summed E-state index contributed by atoms with van der Waals surface area (Å²) in [7, 11) is 2.01. The van der Waals surface area contributed by atoms with Crippen molar-refractivity contribution in [2.24, 2.45) is 5.92 Å². The van der Waals surface area contributed by atoms with E-state index in [1.165, 1.54) is 25.7 Å². The maximum Gasteiger partial charge on any atom is 0.0826 e. The van der Waals surface area contributed by atoms with Gasteiger partial charge in [-0.2, -0.15) is 0 Å². The molecule has 0 radical (unpaired) electrons. The first kappa shape index (κ1) is 12.3. The van der Waals surface area contributed by atoms with Crippen LogP contribution < -0.4 is 5.32 Å². The molecule has 0 aromatic rings. The third kappa shape index (κ3) is 2.96. The number of hydrogen-bond acceptors (Lipinski definition) is 3. The topological polar surface area (TPSA) is 24.5 Å². The predicted molar refractivity (Wildman–Crippen MR) is 66.7 cm³/mol. The molecule has 3 atom stereocenters. The SMILES string of the molecule is CNCC1CN(C2CCCCC2C)CCO1. The zero-order chi connectivity index (χ0) is 11.4.